The maximum absolute atomic E-state index is 5.81. The molecular weight excluding hydrogens is 285 g/mol. The Balaban J connectivity index is 4.47. The minimum absolute atomic E-state index is 0.703. The van der Waals surface area contributed by atoms with E-state index in [1.165, 1.54) is 3.28 Å². The number of hydrogen-bond acceptors (Lipinski definition) is 6. The van der Waals surface area contributed by atoms with E-state index in [-0.39, 0.29) is 0 Å². The second-order valence-electron chi connectivity index (χ2n) is 3.91. The Bertz CT molecular complexity index is 161. The van der Waals surface area contributed by atoms with Crippen LogP contribution in [-0.2, 0) is 4.84 Å². The zero-order chi connectivity index (χ0) is 10.9. The van der Waals surface area contributed by atoms with Gasteiger partial charge >= 0.3 is 87.2 Å². The number of nitrogens with zero attached hydrogens (tertiary/aromatic N) is 1. The van der Waals surface area contributed by atoms with E-state index in [2.05, 4.69) is 0 Å². The van der Waals surface area contributed by atoms with Gasteiger partial charge in [0.05, 0.1) is 0 Å². The van der Waals surface area contributed by atoms with Crippen LogP contribution in [0.15, 0.2) is 0 Å². The van der Waals surface area contributed by atoms with Crippen molar-refractivity contribution in [3.8, 4) is 0 Å². The monoisotopic (exact) mass is 305 g/mol. The fourth-order valence-electron chi connectivity index (χ4n) is 0.616. The van der Waals surface area contributed by atoms with Crippen molar-refractivity contribution in [2.24, 2.45) is 19.4 Å². The number of rotatable bonds is 4. The van der Waals surface area contributed by atoms with E-state index in [9.17, 15) is 0 Å². The van der Waals surface area contributed by atoms with Gasteiger partial charge in [0.15, 0.2) is 0 Å². The topological polar surface area (TPSA) is 117 Å². The summed E-state index contributed by atoms with van der Waals surface area (Å²) in [5.41, 5.74) is 9.96. The average Bonchev–Trinajstić information content (AvgIpc) is 1.77. The third kappa shape index (κ3) is 5.73. The van der Waals surface area contributed by atoms with Crippen molar-refractivity contribution in [1.29, 1.82) is 0 Å². The van der Waals surface area contributed by atoms with Gasteiger partial charge in [-0.3, -0.25) is 0 Å². The number of nitrogens with two attached hydrogens (primary N) is 4. The Morgan fingerprint density at radius 1 is 1.08 bits per heavy atom. The third-order valence-corrected chi connectivity index (χ3v) is 3.40. The Hall–Kier alpha value is 0.490. The molecule has 0 aromatic rings. The molecule has 0 amide bonds. The van der Waals surface area contributed by atoms with Crippen LogP contribution in [0.25, 0.3) is 0 Å². The number of hydroxylamine groups is 1. The molecule has 0 aromatic heterocycles. The summed E-state index contributed by atoms with van der Waals surface area (Å²) < 4.78 is 12.7. The normalized spacial score (nSPS) is 15.0. The predicted molar refractivity (Wildman–Crippen MR) is 61.9 cm³/mol. The summed E-state index contributed by atoms with van der Waals surface area (Å²) in [6.45, 7) is 6.96. The first-order chi connectivity index (χ1) is 5.54. The SMILES string of the molecule is CC(C)(N)ON(I(N)N)C(C)(C)N. The van der Waals surface area contributed by atoms with Crippen molar-refractivity contribution in [3.05, 3.63) is 0 Å². The summed E-state index contributed by atoms with van der Waals surface area (Å²) >= 11 is -2.27. The zero-order valence-corrected chi connectivity index (χ0v) is 10.7. The quantitative estimate of drug-likeness (QED) is 0.247. The molecule has 7 heteroatoms. The molecular formula is C6H20IN5O. The van der Waals surface area contributed by atoms with E-state index < -0.39 is 32.0 Å². The van der Waals surface area contributed by atoms with Gasteiger partial charge in [-0.1, -0.05) is 0 Å². The average molecular weight is 305 g/mol. The fraction of sp³-hybridized carbons (Fsp3) is 1.00. The molecule has 82 valence electrons. The first-order valence-corrected chi connectivity index (χ1v) is 7.25. The number of halogens is 1. The van der Waals surface area contributed by atoms with Crippen LogP contribution in [0.5, 0.6) is 0 Å². The van der Waals surface area contributed by atoms with Crippen LogP contribution in [0.1, 0.15) is 27.7 Å². The van der Waals surface area contributed by atoms with Gasteiger partial charge in [0.1, 0.15) is 0 Å². The Labute approximate surface area is 87.3 Å². The molecule has 0 aromatic carbocycles. The summed E-state index contributed by atoms with van der Waals surface area (Å²) in [4.78, 5) is 5.37. The van der Waals surface area contributed by atoms with Crippen LogP contribution in [0.3, 0.4) is 0 Å². The second kappa shape index (κ2) is 4.34. The van der Waals surface area contributed by atoms with E-state index in [1.54, 1.807) is 27.7 Å². The van der Waals surface area contributed by atoms with Crippen molar-refractivity contribution in [3.63, 3.8) is 0 Å². The number of hydrogen-bond donors (Lipinski definition) is 4. The van der Waals surface area contributed by atoms with Crippen LogP contribution in [0.2, 0.25) is 0 Å². The summed E-state index contributed by atoms with van der Waals surface area (Å²) in [6.07, 6.45) is 0. The van der Waals surface area contributed by atoms with Crippen molar-refractivity contribution < 1.29 is 4.84 Å². The molecule has 8 N–H and O–H groups in total. The molecule has 0 aliphatic heterocycles. The molecule has 0 aliphatic carbocycles. The van der Waals surface area contributed by atoms with Gasteiger partial charge in [-0.05, 0) is 0 Å². The first kappa shape index (κ1) is 13.5. The molecule has 0 atom stereocenters. The minimum atomic E-state index is -2.27. The van der Waals surface area contributed by atoms with Crippen LogP contribution in [0.4, 0.5) is 0 Å². The molecule has 0 bridgehead atoms. The van der Waals surface area contributed by atoms with E-state index in [4.69, 9.17) is 24.2 Å². The van der Waals surface area contributed by atoms with Gasteiger partial charge in [0.2, 0.25) is 0 Å². The molecule has 13 heavy (non-hydrogen) atoms. The summed E-state index contributed by atoms with van der Waals surface area (Å²) in [7, 11) is 0. The Kier molecular flexibility index (Phi) is 4.50. The first-order valence-electron chi connectivity index (χ1n) is 3.79. The van der Waals surface area contributed by atoms with Crippen LogP contribution in [0, 0.1) is 0 Å². The molecule has 0 unspecified atom stereocenters. The molecule has 0 heterocycles. The molecule has 0 aliphatic rings. The van der Waals surface area contributed by atoms with Crippen LogP contribution >= 0.6 is 20.6 Å². The van der Waals surface area contributed by atoms with E-state index in [0.717, 1.165) is 0 Å². The molecule has 0 saturated carbocycles. The third-order valence-electron chi connectivity index (χ3n) is 0.946. The molecule has 6 nitrogen and oxygen atoms in total. The van der Waals surface area contributed by atoms with Crippen molar-refractivity contribution in [2.45, 2.75) is 39.1 Å². The van der Waals surface area contributed by atoms with E-state index in [0.29, 0.717) is 0 Å². The van der Waals surface area contributed by atoms with E-state index >= 15 is 0 Å². The van der Waals surface area contributed by atoms with Crippen molar-refractivity contribution >= 4 is 20.6 Å². The van der Waals surface area contributed by atoms with Gasteiger partial charge in [-0.25, -0.2) is 0 Å². The summed E-state index contributed by atoms with van der Waals surface area (Å²) in [5, 5.41) is 0. The van der Waals surface area contributed by atoms with Crippen LogP contribution < -0.4 is 19.4 Å². The summed E-state index contributed by atoms with van der Waals surface area (Å²) in [6, 6.07) is 0. The van der Waals surface area contributed by atoms with Gasteiger partial charge < -0.3 is 0 Å². The van der Waals surface area contributed by atoms with Crippen LogP contribution in [-0.4, -0.2) is 14.7 Å². The maximum atomic E-state index is 5.81. The standard InChI is InChI=1S/C6H20IN5O/c1-5(2,8)12(7(10)11)13-6(3,4)9/h8-11H2,1-4H3. The summed E-state index contributed by atoms with van der Waals surface area (Å²) in [5.74, 6) is 0. The molecule has 0 fully saturated rings. The van der Waals surface area contributed by atoms with Gasteiger partial charge in [-0.2, -0.15) is 0 Å². The molecule has 0 rings (SSSR count). The molecule has 0 radical (unpaired) electrons. The molecule has 0 spiro atoms. The second-order valence-corrected chi connectivity index (χ2v) is 6.62. The predicted octanol–water partition coefficient (Wildman–Crippen LogP) is -0.222. The molecule has 0 saturated heterocycles. The van der Waals surface area contributed by atoms with Gasteiger partial charge in [-0.15, -0.1) is 0 Å². The van der Waals surface area contributed by atoms with Crippen molar-refractivity contribution in [2.75, 3.05) is 0 Å². The van der Waals surface area contributed by atoms with E-state index in [1.807, 2.05) is 0 Å². The van der Waals surface area contributed by atoms with Crippen molar-refractivity contribution in [1.82, 2.24) is 3.28 Å². The Morgan fingerprint density at radius 2 is 1.46 bits per heavy atom. The zero-order valence-electron chi connectivity index (χ0n) is 8.54. The Morgan fingerprint density at radius 3 is 1.54 bits per heavy atom. The van der Waals surface area contributed by atoms with Gasteiger partial charge in [0.25, 0.3) is 0 Å². The van der Waals surface area contributed by atoms with Gasteiger partial charge in [0, 0.05) is 0 Å². The fourth-order valence-corrected chi connectivity index (χ4v) is 2.79.